The third-order valence-corrected chi connectivity index (χ3v) is 2.86. The second kappa shape index (κ2) is 6.18. The average molecular weight is 276 g/mol. The number of hydrogen-bond donors (Lipinski definition) is 1. The monoisotopic (exact) mass is 276 g/mol. The highest BCUT2D eigenvalue weighted by Crippen LogP contribution is 2.20. The zero-order valence-electron chi connectivity index (χ0n) is 11.2. The number of carbonyl (C=O) groups is 1. The highest BCUT2D eigenvalue weighted by molar-refractivity contribution is 5.86. The van der Waals surface area contributed by atoms with E-state index in [4.69, 9.17) is 9.84 Å². The molecule has 0 aliphatic carbocycles. The van der Waals surface area contributed by atoms with E-state index >= 15 is 0 Å². The molecule has 1 heterocycles. The van der Waals surface area contributed by atoms with Crippen molar-refractivity contribution in [2.75, 3.05) is 6.61 Å². The van der Waals surface area contributed by atoms with E-state index in [2.05, 4.69) is 5.10 Å². The summed E-state index contributed by atoms with van der Waals surface area (Å²) < 4.78 is 6.50. The molecule has 0 saturated carbocycles. The molecule has 0 spiro atoms. The Balaban J connectivity index is 2.50. The summed E-state index contributed by atoms with van der Waals surface area (Å²) in [6.07, 6.45) is 1.85. The van der Waals surface area contributed by atoms with Gasteiger partial charge in [0.25, 0.3) is 5.56 Å². The summed E-state index contributed by atoms with van der Waals surface area (Å²) in [4.78, 5) is 22.9. The van der Waals surface area contributed by atoms with E-state index in [1.165, 1.54) is 0 Å². The van der Waals surface area contributed by atoms with Crippen molar-refractivity contribution < 1.29 is 14.6 Å². The molecular formula is C14H16N2O4. The number of hydrogen-bond acceptors (Lipinski definition) is 4. The van der Waals surface area contributed by atoms with Crippen LogP contribution in [-0.2, 0) is 11.3 Å². The Morgan fingerprint density at radius 2 is 2.05 bits per heavy atom. The van der Waals surface area contributed by atoms with Gasteiger partial charge in [-0.05, 0) is 18.6 Å². The van der Waals surface area contributed by atoms with Crippen LogP contribution in [0.3, 0.4) is 0 Å². The highest BCUT2D eigenvalue weighted by Gasteiger charge is 2.12. The molecule has 106 valence electrons. The van der Waals surface area contributed by atoms with Gasteiger partial charge in [-0.1, -0.05) is 25.5 Å². The second-order valence-corrected chi connectivity index (χ2v) is 4.41. The maximum absolute atomic E-state index is 12.1. The molecule has 2 aromatic rings. The summed E-state index contributed by atoms with van der Waals surface area (Å²) in [6.45, 7) is 2.05. The number of rotatable bonds is 6. The van der Waals surface area contributed by atoms with Gasteiger partial charge >= 0.3 is 5.97 Å². The van der Waals surface area contributed by atoms with Gasteiger partial charge in [0.15, 0.2) is 0 Å². The average Bonchev–Trinajstić information content (AvgIpc) is 2.43. The second-order valence-electron chi connectivity index (χ2n) is 4.41. The predicted molar refractivity (Wildman–Crippen MR) is 74.0 cm³/mol. The zero-order chi connectivity index (χ0) is 14.5. The number of aliphatic carboxylic acids is 1. The maximum atomic E-state index is 12.1. The molecule has 1 N–H and O–H groups in total. The minimum absolute atomic E-state index is 0.301. The van der Waals surface area contributed by atoms with Crippen LogP contribution in [0.2, 0.25) is 0 Å². The van der Waals surface area contributed by atoms with Gasteiger partial charge in [0.05, 0.1) is 17.4 Å². The molecule has 0 saturated heterocycles. The van der Waals surface area contributed by atoms with Crippen LogP contribution >= 0.6 is 0 Å². The van der Waals surface area contributed by atoms with Gasteiger partial charge in [-0.3, -0.25) is 9.59 Å². The number of benzene rings is 1. The molecular weight excluding hydrogens is 260 g/mol. The lowest BCUT2D eigenvalue weighted by molar-refractivity contribution is -0.138. The zero-order valence-corrected chi connectivity index (χ0v) is 11.2. The quantitative estimate of drug-likeness (QED) is 0.811. The smallest absolute Gasteiger partial charge is 0.325 e. The fraction of sp³-hybridized carbons (Fsp3) is 0.357. The predicted octanol–water partition coefficient (Wildman–Crippen LogP) is 1.66. The molecule has 20 heavy (non-hydrogen) atoms. The lowest BCUT2D eigenvalue weighted by atomic mass is 10.2. The molecule has 2 rings (SSSR count). The standard InChI is InChI=1S/C14H16N2O4/c1-2-3-8-20-13-10-6-4-5-7-11(10)14(19)16(15-13)9-12(17)18/h4-7H,2-3,8-9H2,1H3,(H,17,18). The number of aromatic nitrogens is 2. The van der Waals surface area contributed by atoms with Gasteiger partial charge in [0, 0.05) is 0 Å². The maximum Gasteiger partial charge on any atom is 0.325 e. The molecule has 0 amide bonds. The van der Waals surface area contributed by atoms with Gasteiger partial charge in [-0.2, -0.15) is 0 Å². The highest BCUT2D eigenvalue weighted by atomic mass is 16.5. The number of ether oxygens (including phenoxy) is 1. The SMILES string of the molecule is CCCCOc1nn(CC(=O)O)c(=O)c2ccccc12. The molecule has 0 aliphatic rings. The van der Waals surface area contributed by atoms with Crippen LogP contribution in [0, 0.1) is 0 Å². The summed E-state index contributed by atoms with van der Waals surface area (Å²) in [5.41, 5.74) is -0.425. The molecule has 0 atom stereocenters. The van der Waals surface area contributed by atoms with Crippen molar-refractivity contribution in [2.45, 2.75) is 26.3 Å². The van der Waals surface area contributed by atoms with Crippen LogP contribution in [-0.4, -0.2) is 27.5 Å². The van der Waals surface area contributed by atoms with Crippen LogP contribution in [0.25, 0.3) is 10.8 Å². The van der Waals surface area contributed by atoms with Crippen molar-refractivity contribution in [3.8, 4) is 5.88 Å². The summed E-state index contributed by atoms with van der Waals surface area (Å²) in [5, 5.41) is 13.9. The van der Waals surface area contributed by atoms with E-state index in [9.17, 15) is 9.59 Å². The van der Waals surface area contributed by atoms with E-state index in [0.717, 1.165) is 17.5 Å². The third kappa shape index (κ3) is 2.96. The molecule has 0 fully saturated rings. The van der Waals surface area contributed by atoms with Gasteiger partial charge in [0.1, 0.15) is 6.54 Å². The van der Waals surface area contributed by atoms with Crippen molar-refractivity contribution in [3.05, 3.63) is 34.6 Å². The minimum Gasteiger partial charge on any atom is -0.480 e. The van der Waals surface area contributed by atoms with Gasteiger partial charge in [-0.15, -0.1) is 5.10 Å². The van der Waals surface area contributed by atoms with Crippen molar-refractivity contribution >= 4 is 16.7 Å². The minimum atomic E-state index is -1.12. The Morgan fingerprint density at radius 3 is 2.70 bits per heavy atom. The summed E-state index contributed by atoms with van der Waals surface area (Å²) in [6, 6.07) is 6.91. The first-order valence-corrected chi connectivity index (χ1v) is 6.48. The third-order valence-electron chi connectivity index (χ3n) is 2.86. The van der Waals surface area contributed by atoms with Crippen molar-refractivity contribution in [3.63, 3.8) is 0 Å². The molecule has 0 aliphatic heterocycles. The van der Waals surface area contributed by atoms with Gasteiger partial charge < -0.3 is 9.84 Å². The first-order chi connectivity index (χ1) is 9.63. The van der Waals surface area contributed by atoms with Crippen LogP contribution in [0.4, 0.5) is 0 Å². The lowest BCUT2D eigenvalue weighted by Gasteiger charge is -2.10. The van der Waals surface area contributed by atoms with Crippen molar-refractivity contribution in [2.24, 2.45) is 0 Å². The van der Waals surface area contributed by atoms with Crippen LogP contribution in [0.15, 0.2) is 29.1 Å². The molecule has 1 aromatic carbocycles. The van der Waals surface area contributed by atoms with E-state index in [1.54, 1.807) is 24.3 Å². The Kier molecular flexibility index (Phi) is 4.34. The fourth-order valence-electron chi connectivity index (χ4n) is 1.86. The summed E-state index contributed by atoms with van der Waals surface area (Å²) in [7, 11) is 0. The Bertz CT molecular complexity index is 678. The topological polar surface area (TPSA) is 81.4 Å². The van der Waals surface area contributed by atoms with E-state index < -0.39 is 18.1 Å². The number of fused-ring (bicyclic) bond motifs is 1. The number of carboxylic acid groups (broad SMARTS) is 1. The molecule has 0 bridgehead atoms. The number of carboxylic acids is 1. The van der Waals surface area contributed by atoms with Gasteiger partial charge in [-0.25, -0.2) is 4.68 Å². The van der Waals surface area contributed by atoms with Crippen molar-refractivity contribution in [1.29, 1.82) is 0 Å². The lowest BCUT2D eigenvalue weighted by Crippen LogP contribution is -2.27. The van der Waals surface area contributed by atoms with Crippen LogP contribution in [0.1, 0.15) is 19.8 Å². The van der Waals surface area contributed by atoms with E-state index in [0.29, 0.717) is 23.3 Å². The van der Waals surface area contributed by atoms with Crippen LogP contribution < -0.4 is 10.3 Å². The molecule has 0 unspecified atom stereocenters. The normalized spacial score (nSPS) is 10.7. The first kappa shape index (κ1) is 14.0. The Hall–Kier alpha value is -2.37. The van der Waals surface area contributed by atoms with E-state index in [-0.39, 0.29) is 0 Å². The first-order valence-electron chi connectivity index (χ1n) is 6.48. The Labute approximate surface area is 115 Å². The number of unbranched alkanes of at least 4 members (excludes halogenated alkanes) is 1. The largest absolute Gasteiger partial charge is 0.480 e. The van der Waals surface area contributed by atoms with Crippen molar-refractivity contribution in [1.82, 2.24) is 9.78 Å². The fourth-order valence-corrected chi connectivity index (χ4v) is 1.86. The number of nitrogens with zero attached hydrogens (tertiary/aromatic N) is 2. The van der Waals surface area contributed by atoms with Gasteiger partial charge in [0.2, 0.25) is 5.88 Å². The van der Waals surface area contributed by atoms with E-state index in [1.807, 2.05) is 6.92 Å². The Morgan fingerprint density at radius 1 is 1.35 bits per heavy atom. The molecule has 1 aromatic heterocycles. The summed E-state index contributed by atoms with van der Waals surface area (Å²) in [5.74, 6) is -0.815. The van der Waals surface area contributed by atoms with Crippen LogP contribution in [0.5, 0.6) is 5.88 Å². The molecule has 0 radical (unpaired) electrons. The molecule has 6 heteroatoms. The molecule has 6 nitrogen and oxygen atoms in total. The summed E-state index contributed by atoms with van der Waals surface area (Å²) >= 11 is 0.